The second kappa shape index (κ2) is 6.55. The lowest BCUT2D eigenvalue weighted by atomic mass is 10.2. The van der Waals surface area contributed by atoms with Crippen molar-refractivity contribution in [2.75, 3.05) is 11.9 Å². The van der Waals surface area contributed by atoms with Gasteiger partial charge in [-0.1, -0.05) is 17.7 Å². The monoisotopic (exact) mass is 365 g/mol. The zero-order chi connectivity index (χ0) is 18.3. The number of pyridine rings is 2. The molecular weight excluding hydrogens is 346 g/mol. The van der Waals surface area contributed by atoms with E-state index in [-0.39, 0.29) is 5.56 Å². The first-order valence-corrected chi connectivity index (χ1v) is 9.28. The van der Waals surface area contributed by atoms with E-state index in [1.807, 2.05) is 49.5 Å². The number of fused-ring (bicyclic) bond motifs is 3. The smallest absolute Gasteiger partial charge is 0.273 e. The van der Waals surface area contributed by atoms with E-state index < -0.39 is 6.10 Å². The summed E-state index contributed by atoms with van der Waals surface area (Å²) < 4.78 is 2.35. The molecule has 0 radical (unpaired) electrons. The average molecular weight is 365 g/mol. The molecule has 132 valence electrons. The Labute approximate surface area is 154 Å². The molecule has 0 fully saturated rings. The predicted octanol–water partition coefficient (Wildman–Crippen LogP) is 3.70. The van der Waals surface area contributed by atoms with Gasteiger partial charge in [-0.3, -0.25) is 9.36 Å². The highest BCUT2D eigenvalue weighted by molar-refractivity contribution is 7.25. The van der Waals surface area contributed by atoms with Crippen LogP contribution in [0.25, 0.3) is 26.0 Å². The van der Waals surface area contributed by atoms with E-state index in [0.29, 0.717) is 11.2 Å². The Kier molecular flexibility index (Phi) is 4.22. The molecule has 0 saturated carbocycles. The van der Waals surface area contributed by atoms with Gasteiger partial charge in [0.2, 0.25) is 0 Å². The second-order valence-electron chi connectivity index (χ2n) is 6.44. The Morgan fingerprint density at radius 1 is 1.23 bits per heavy atom. The number of anilines is 1. The Morgan fingerprint density at radius 2 is 2.00 bits per heavy atom. The van der Waals surface area contributed by atoms with Gasteiger partial charge in [0.15, 0.2) is 0 Å². The Balaban J connectivity index is 1.91. The molecule has 0 spiro atoms. The molecule has 26 heavy (non-hydrogen) atoms. The van der Waals surface area contributed by atoms with Gasteiger partial charge in [-0.2, -0.15) is 0 Å². The summed E-state index contributed by atoms with van der Waals surface area (Å²) in [5, 5.41) is 14.6. The first kappa shape index (κ1) is 16.8. The molecule has 6 heteroatoms. The van der Waals surface area contributed by atoms with Crippen molar-refractivity contribution in [3.63, 3.8) is 0 Å². The third-order valence-electron chi connectivity index (χ3n) is 4.33. The molecule has 2 N–H and O–H groups in total. The standard InChI is InChI=1S/C20H19N3O2S/c1-12-3-5-14(6-4-12)23-10-8-15-17-16(22-11-13(2)24)7-9-21-19(17)26-18(15)20(23)25/h3-10,13,24H,11H2,1-2H3,(H,21,22)/t13-/m1/s1. The van der Waals surface area contributed by atoms with E-state index in [0.717, 1.165) is 32.5 Å². The summed E-state index contributed by atoms with van der Waals surface area (Å²) in [5.41, 5.74) is 2.84. The molecule has 3 heterocycles. The lowest BCUT2D eigenvalue weighted by molar-refractivity contribution is 0.208. The number of hydrogen-bond acceptors (Lipinski definition) is 5. The third kappa shape index (κ3) is 2.87. The minimum Gasteiger partial charge on any atom is -0.392 e. The van der Waals surface area contributed by atoms with Gasteiger partial charge in [-0.25, -0.2) is 4.98 Å². The maximum absolute atomic E-state index is 13.0. The molecule has 0 amide bonds. The normalized spacial score (nSPS) is 12.6. The van der Waals surface area contributed by atoms with Gasteiger partial charge in [0.25, 0.3) is 5.56 Å². The number of nitrogens with zero attached hydrogens (tertiary/aromatic N) is 2. The number of aliphatic hydroxyl groups excluding tert-OH is 1. The molecule has 0 aliphatic rings. The van der Waals surface area contributed by atoms with Crippen LogP contribution in [0, 0.1) is 6.92 Å². The van der Waals surface area contributed by atoms with Crippen LogP contribution < -0.4 is 10.9 Å². The average Bonchev–Trinajstić information content (AvgIpc) is 3.01. The molecule has 3 aromatic heterocycles. The third-order valence-corrected chi connectivity index (χ3v) is 5.43. The summed E-state index contributed by atoms with van der Waals surface area (Å²) >= 11 is 1.40. The van der Waals surface area contributed by atoms with Crippen molar-refractivity contribution >= 4 is 37.3 Å². The van der Waals surface area contributed by atoms with Crippen LogP contribution in [0.2, 0.25) is 0 Å². The van der Waals surface area contributed by atoms with Crippen LogP contribution in [0.3, 0.4) is 0 Å². The zero-order valence-corrected chi connectivity index (χ0v) is 15.4. The summed E-state index contributed by atoms with van der Waals surface area (Å²) in [6.07, 6.45) is 3.08. The first-order chi connectivity index (χ1) is 12.5. The van der Waals surface area contributed by atoms with Crippen LogP contribution in [0.15, 0.2) is 53.6 Å². The number of rotatable bonds is 4. The van der Waals surface area contributed by atoms with Crippen LogP contribution in [0.5, 0.6) is 0 Å². The van der Waals surface area contributed by atoms with Crippen molar-refractivity contribution in [1.29, 1.82) is 0 Å². The molecule has 0 aliphatic heterocycles. The van der Waals surface area contributed by atoms with Crippen molar-refractivity contribution in [2.45, 2.75) is 20.0 Å². The predicted molar refractivity (Wildman–Crippen MR) is 108 cm³/mol. The highest BCUT2D eigenvalue weighted by Gasteiger charge is 2.15. The minimum absolute atomic E-state index is 0.0455. The zero-order valence-electron chi connectivity index (χ0n) is 14.6. The Morgan fingerprint density at radius 3 is 2.73 bits per heavy atom. The van der Waals surface area contributed by atoms with E-state index in [1.165, 1.54) is 11.3 Å². The van der Waals surface area contributed by atoms with Gasteiger partial charge >= 0.3 is 0 Å². The highest BCUT2D eigenvalue weighted by atomic mass is 32.1. The molecule has 0 unspecified atom stereocenters. The summed E-state index contributed by atoms with van der Waals surface area (Å²) in [6, 6.07) is 11.7. The van der Waals surface area contributed by atoms with E-state index >= 15 is 0 Å². The maximum atomic E-state index is 13.0. The van der Waals surface area contributed by atoms with Gasteiger partial charge in [-0.05, 0) is 38.1 Å². The molecule has 0 aliphatic carbocycles. The molecule has 1 atom stereocenters. The Hall–Kier alpha value is -2.70. The number of hydrogen-bond donors (Lipinski definition) is 2. The molecule has 5 nitrogen and oxygen atoms in total. The van der Waals surface area contributed by atoms with Gasteiger partial charge in [0.05, 0.1) is 6.10 Å². The van der Waals surface area contributed by atoms with Crippen molar-refractivity contribution in [3.8, 4) is 5.69 Å². The SMILES string of the molecule is Cc1ccc(-n2ccc3c(sc4nccc(NC[C@@H](C)O)c43)c2=O)cc1. The van der Waals surface area contributed by atoms with E-state index in [1.54, 1.807) is 17.7 Å². The number of aromatic nitrogens is 2. The lowest BCUT2D eigenvalue weighted by Crippen LogP contribution is -2.16. The van der Waals surface area contributed by atoms with E-state index in [2.05, 4.69) is 10.3 Å². The van der Waals surface area contributed by atoms with Crippen molar-refractivity contribution < 1.29 is 5.11 Å². The quantitative estimate of drug-likeness (QED) is 0.579. The van der Waals surface area contributed by atoms with Crippen LogP contribution in [0.4, 0.5) is 5.69 Å². The van der Waals surface area contributed by atoms with Crippen LogP contribution in [-0.2, 0) is 0 Å². The van der Waals surface area contributed by atoms with Crippen LogP contribution >= 0.6 is 11.3 Å². The number of thiophene rings is 1. The Bertz CT molecular complexity index is 1140. The van der Waals surface area contributed by atoms with Gasteiger partial charge < -0.3 is 10.4 Å². The van der Waals surface area contributed by atoms with Gasteiger partial charge in [0.1, 0.15) is 9.53 Å². The summed E-state index contributed by atoms with van der Waals surface area (Å²) in [4.78, 5) is 18.3. The van der Waals surface area contributed by atoms with Crippen molar-refractivity contribution in [3.05, 3.63) is 64.7 Å². The van der Waals surface area contributed by atoms with Crippen molar-refractivity contribution in [2.24, 2.45) is 0 Å². The van der Waals surface area contributed by atoms with Crippen LogP contribution in [0.1, 0.15) is 12.5 Å². The van der Waals surface area contributed by atoms with Gasteiger partial charge in [-0.15, -0.1) is 11.3 Å². The second-order valence-corrected chi connectivity index (χ2v) is 7.44. The highest BCUT2D eigenvalue weighted by Crippen LogP contribution is 2.35. The molecule has 1 aromatic carbocycles. The molecule has 0 saturated heterocycles. The number of nitrogens with one attached hydrogen (secondary N) is 1. The van der Waals surface area contributed by atoms with E-state index in [9.17, 15) is 9.90 Å². The lowest BCUT2D eigenvalue weighted by Gasteiger charge is -2.10. The molecule has 4 aromatic rings. The number of benzene rings is 1. The van der Waals surface area contributed by atoms with Crippen molar-refractivity contribution in [1.82, 2.24) is 9.55 Å². The number of aliphatic hydroxyl groups is 1. The van der Waals surface area contributed by atoms with E-state index in [4.69, 9.17) is 0 Å². The minimum atomic E-state index is -0.457. The largest absolute Gasteiger partial charge is 0.392 e. The molecular formula is C20H19N3O2S. The topological polar surface area (TPSA) is 67.2 Å². The summed E-state index contributed by atoms with van der Waals surface area (Å²) in [7, 11) is 0. The molecule has 0 bridgehead atoms. The maximum Gasteiger partial charge on any atom is 0.273 e. The van der Waals surface area contributed by atoms with Crippen LogP contribution in [-0.4, -0.2) is 27.3 Å². The molecule has 4 rings (SSSR count). The summed E-state index contributed by atoms with van der Waals surface area (Å²) in [6.45, 7) is 4.20. The fraction of sp³-hybridized carbons (Fsp3) is 0.200. The van der Waals surface area contributed by atoms with Gasteiger partial charge in [0, 0.05) is 41.1 Å². The first-order valence-electron chi connectivity index (χ1n) is 8.46. The number of aryl methyl sites for hydroxylation is 1. The summed E-state index contributed by atoms with van der Waals surface area (Å²) in [5.74, 6) is 0. The fourth-order valence-corrected chi connectivity index (χ4v) is 4.10. The fourth-order valence-electron chi connectivity index (χ4n) is 3.00.